The van der Waals surface area contributed by atoms with Crippen molar-refractivity contribution < 1.29 is 0 Å². The third-order valence-electron chi connectivity index (χ3n) is 1.78. The number of rotatable bonds is 1. The van der Waals surface area contributed by atoms with Crippen molar-refractivity contribution in [3.05, 3.63) is 17.2 Å². The van der Waals surface area contributed by atoms with Crippen molar-refractivity contribution in [3.8, 4) is 6.07 Å². The molecule has 11 heavy (non-hydrogen) atoms. The summed E-state index contributed by atoms with van der Waals surface area (Å²) in [5.74, 6) is 0.971. The molecule has 0 amide bonds. The Kier molecular flexibility index (Phi) is 1.95. The third-order valence-corrected chi connectivity index (χ3v) is 1.78. The second-order valence-corrected chi connectivity index (χ2v) is 2.49. The lowest BCUT2D eigenvalue weighted by atomic mass is 10.4. The van der Waals surface area contributed by atoms with Crippen LogP contribution in [-0.2, 0) is 13.5 Å². The van der Waals surface area contributed by atoms with E-state index in [4.69, 9.17) is 5.26 Å². The van der Waals surface area contributed by atoms with Gasteiger partial charge in [0.1, 0.15) is 17.6 Å². The zero-order valence-electron chi connectivity index (χ0n) is 7.05. The van der Waals surface area contributed by atoms with Gasteiger partial charge in [-0.05, 0) is 6.92 Å². The average Bonchev–Trinajstić information content (AvgIpc) is 2.26. The Bertz CT molecular complexity index is 304. The first-order chi connectivity index (χ1) is 5.20. The summed E-state index contributed by atoms with van der Waals surface area (Å²) in [6.45, 7) is 3.89. The molecule has 0 aromatic carbocycles. The summed E-state index contributed by atoms with van der Waals surface area (Å²) in [5.41, 5.74) is 1.49. The van der Waals surface area contributed by atoms with Crippen LogP contribution in [0.1, 0.15) is 24.1 Å². The molecule has 1 aromatic heterocycles. The van der Waals surface area contributed by atoms with Gasteiger partial charge in [-0.15, -0.1) is 0 Å². The van der Waals surface area contributed by atoms with Gasteiger partial charge in [0.05, 0.1) is 5.69 Å². The topological polar surface area (TPSA) is 41.6 Å². The first kappa shape index (κ1) is 7.80. The molecule has 3 nitrogen and oxygen atoms in total. The molecule has 0 atom stereocenters. The van der Waals surface area contributed by atoms with E-state index in [0.29, 0.717) is 5.69 Å². The summed E-state index contributed by atoms with van der Waals surface area (Å²) in [7, 11) is 1.87. The highest BCUT2D eigenvalue weighted by atomic mass is 15.1. The Morgan fingerprint density at radius 3 is 2.55 bits per heavy atom. The van der Waals surface area contributed by atoms with Crippen LogP contribution in [0, 0.1) is 18.3 Å². The highest BCUT2D eigenvalue weighted by molar-refractivity contribution is 5.28. The molecule has 0 spiro atoms. The molecule has 0 saturated heterocycles. The van der Waals surface area contributed by atoms with Gasteiger partial charge in [-0.25, -0.2) is 4.98 Å². The number of nitriles is 1. The fourth-order valence-electron chi connectivity index (χ4n) is 1.17. The van der Waals surface area contributed by atoms with E-state index in [1.165, 1.54) is 0 Å². The highest BCUT2D eigenvalue weighted by Gasteiger charge is 2.07. The average molecular weight is 149 g/mol. The van der Waals surface area contributed by atoms with Crippen molar-refractivity contribution in [2.75, 3.05) is 0 Å². The highest BCUT2D eigenvalue weighted by Crippen LogP contribution is 2.07. The number of aryl methyl sites for hydroxylation is 2. The maximum Gasteiger partial charge on any atom is 0.142 e. The lowest BCUT2D eigenvalue weighted by Crippen LogP contribution is -1.97. The van der Waals surface area contributed by atoms with Crippen molar-refractivity contribution >= 4 is 0 Å². The summed E-state index contributed by atoms with van der Waals surface area (Å²) in [5, 5.41) is 8.70. The molecule has 0 fully saturated rings. The molecule has 0 aliphatic rings. The first-order valence-corrected chi connectivity index (χ1v) is 3.63. The summed E-state index contributed by atoms with van der Waals surface area (Å²) < 4.78 is 1.84. The van der Waals surface area contributed by atoms with E-state index in [1.54, 1.807) is 0 Å². The zero-order valence-corrected chi connectivity index (χ0v) is 7.05. The quantitative estimate of drug-likeness (QED) is 0.601. The lowest BCUT2D eigenvalue weighted by molar-refractivity contribution is 0.798. The van der Waals surface area contributed by atoms with Crippen molar-refractivity contribution in [1.82, 2.24) is 9.55 Å². The first-order valence-electron chi connectivity index (χ1n) is 3.63. The summed E-state index contributed by atoms with van der Waals surface area (Å²) in [6, 6.07) is 2.12. The maximum atomic E-state index is 8.70. The fourth-order valence-corrected chi connectivity index (χ4v) is 1.17. The van der Waals surface area contributed by atoms with Crippen LogP contribution in [-0.4, -0.2) is 9.55 Å². The number of aromatic nitrogens is 2. The smallest absolute Gasteiger partial charge is 0.142 e. The van der Waals surface area contributed by atoms with E-state index < -0.39 is 0 Å². The molecule has 1 heterocycles. The predicted molar refractivity (Wildman–Crippen MR) is 42.0 cm³/mol. The van der Waals surface area contributed by atoms with E-state index >= 15 is 0 Å². The minimum atomic E-state index is 0.668. The van der Waals surface area contributed by atoms with E-state index in [0.717, 1.165) is 17.9 Å². The molecule has 1 rings (SSSR count). The van der Waals surface area contributed by atoms with Crippen LogP contribution in [0.4, 0.5) is 0 Å². The van der Waals surface area contributed by atoms with Crippen molar-refractivity contribution in [3.63, 3.8) is 0 Å². The van der Waals surface area contributed by atoms with Gasteiger partial charge >= 0.3 is 0 Å². The van der Waals surface area contributed by atoms with E-state index in [2.05, 4.69) is 11.1 Å². The Balaban J connectivity index is 3.28. The van der Waals surface area contributed by atoms with Gasteiger partial charge in [-0.2, -0.15) is 5.26 Å². The van der Waals surface area contributed by atoms with E-state index in [1.807, 2.05) is 25.5 Å². The molecule has 0 radical (unpaired) electrons. The van der Waals surface area contributed by atoms with Crippen LogP contribution < -0.4 is 0 Å². The number of imidazole rings is 1. The number of hydrogen-bond donors (Lipinski definition) is 0. The zero-order chi connectivity index (χ0) is 8.43. The lowest BCUT2D eigenvalue weighted by Gasteiger charge is -1.95. The van der Waals surface area contributed by atoms with Crippen molar-refractivity contribution in [2.45, 2.75) is 20.3 Å². The van der Waals surface area contributed by atoms with Crippen LogP contribution in [0.15, 0.2) is 0 Å². The molecule has 0 unspecified atom stereocenters. The van der Waals surface area contributed by atoms with Gasteiger partial charge in [0.15, 0.2) is 0 Å². The molecule has 0 bridgehead atoms. The van der Waals surface area contributed by atoms with E-state index in [9.17, 15) is 0 Å². The predicted octanol–water partition coefficient (Wildman–Crippen LogP) is 1.16. The Hall–Kier alpha value is -1.30. The molecule has 0 saturated carbocycles. The molecule has 1 aromatic rings. The van der Waals surface area contributed by atoms with Crippen LogP contribution in [0.3, 0.4) is 0 Å². The minimum Gasteiger partial charge on any atom is -0.323 e. The third kappa shape index (κ3) is 1.12. The van der Waals surface area contributed by atoms with Gasteiger partial charge in [-0.3, -0.25) is 0 Å². The molecule has 0 N–H and O–H groups in total. The van der Waals surface area contributed by atoms with Gasteiger partial charge < -0.3 is 4.57 Å². The van der Waals surface area contributed by atoms with Crippen LogP contribution in [0.25, 0.3) is 0 Å². The molecule has 0 aliphatic heterocycles. The van der Waals surface area contributed by atoms with Crippen molar-refractivity contribution in [1.29, 1.82) is 5.26 Å². The van der Waals surface area contributed by atoms with Crippen LogP contribution in [0.5, 0.6) is 0 Å². The van der Waals surface area contributed by atoms with Crippen LogP contribution >= 0.6 is 0 Å². The monoisotopic (exact) mass is 149 g/mol. The van der Waals surface area contributed by atoms with Crippen molar-refractivity contribution in [2.24, 2.45) is 7.05 Å². The normalized spacial score (nSPS) is 9.64. The van der Waals surface area contributed by atoms with E-state index in [-0.39, 0.29) is 0 Å². The Morgan fingerprint density at radius 1 is 1.64 bits per heavy atom. The van der Waals surface area contributed by atoms with Gasteiger partial charge in [0.25, 0.3) is 0 Å². The number of nitrogens with zero attached hydrogens (tertiary/aromatic N) is 3. The van der Waals surface area contributed by atoms with Gasteiger partial charge in [-0.1, -0.05) is 6.92 Å². The summed E-state index contributed by atoms with van der Waals surface area (Å²) >= 11 is 0. The molecule has 3 heteroatoms. The van der Waals surface area contributed by atoms with Gasteiger partial charge in [0, 0.05) is 13.5 Å². The Morgan fingerprint density at radius 2 is 2.27 bits per heavy atom. The molecule has 0 aliphatic carbocycles. The second kappa shape index (κ2) is 2.75. The Labute approximate surface area is 66.3 Å². The molecular weight excluding hydrogens is 138 g/mol. The van der Waals surface area contributed by atoms with Gasteiger partial charge in [0.2, 0.25) is 0 Å². The maximum absolute atomic E-state index is 8.70. The fraction of sp³-hybridized carbons (Fsp3) is 0.500. The number of hydrogen-bond acceptors (Lipinski definition) is 2. The summed E-state index contributed by atoms with van der Waals surface area (Å²) in [6.07, 6.45) is 0.874. The molecular formula is C8H11N3. The standard InChI is InChI=1S/C8H11N3/c1-4-8-10-6(2)7(5-9)11(8)3/h4H2,1-3H3. The largest absolute Gasteiger partial charge is 0.323 e. The molecule has 58 valence electrons. The SMILES string of the molecule is CCc1nc(C)c(C#N)n1C. The summed E-state index contributed by atoms with van der Waals surface area (Å²) in [4.78, 5) is 4.24. The second-order valence-electron chi connectivity index (χ2n) is 2.49. The van der Waals surface area contributed by atoms with Crippen LogP contribution in [0.2, 0.25) is 0 Å². The minimum absolute atomic E-state index is 0.668.